The molecular weight excluding hydrogens is 300 g/mol. The van der Waals surface area contributed by atoms with Gasteiger partial charge in [0.25, 0.3) is 5.91 Å². The SMILES string of the molecule is Cc1cccc(/C=N/NC(=O)COc2cccc3ccccc23)c1. The molecule has 0 bridgehead atoms. The zero-order chi connectivity index (χ0) is 16.8. The molecule has 4 heteroatoms. The van der Waals surface area contributed by atoms with Crippen LogP contribution in [0, 0.1) is 6.92 Å². The molecule has 0 aliphatic heterocycles. The van der Waals surface area contributed by atoms with Crippen molar-refractivity contribution < 1.29 is 9.53 Å². The van der Waals surface area contributed by atoms with Crippen LogP contribution >= 0.6 is 0 Å². The second kappa shape index (κ2) is 7.42. The first-order valence-electron chi connectivity index (χ1n) is 7.71. The molecule has 0 saturated carbocycles. The summed E-state index contributed by atoms with van der Waals surface area (Å²) in [7, 11) is 0. The number of fused-ring (bicyclic) bond motifs is 1. The first-order valence-corrected chi connectivity index (χ1v) is 7.71. The van der Waals surface area contributed by atoms with E-state index in [0.29, 0.717) is 5.75 Å². The summed E-state index contributed by atoms with van der Waals surface area (Å²) in [6, 6.07) is 21.5. The lowest BCUT2D eigenvalue weighted by molar-refractivity contribution is -0.123. The third-order valence-electron chi connectivity index (χ3n) is 3.55. The number of ether oxygens (including phenoxy) is 1. The number of rotatable bonds is 5. The maximum atomic E-state index is 11.9. The van der Waals surface area contributed by atoms with Crippen LogP contribution in [-0.4, -0.2) is 18.7 Å². The Morgan fingerprint density at radius 1 is 1.08 bits per heavy atom. The first kappa shape index (κ1) is 15.7. The van der Waals surface area contributed by atoms with Gasteiger partial charge in [-0.25, -0.2) is 5.43 Å². The molecule has 3 aromatic rings. The quantitative estimate of drug-likeness (QED) is 0.576. The van der Waals surface area contributed by atoms with Crippen LogP contribution in [0.5, 0.6) is 5.75 Å². The van der Waals surface area contributed by atoms with Gasteiger partial charge >= 0.3 is 0 Å². The van der Waals surface area contributed by atoms with Crippen molar-refractivity contribution in [3.05, 3.63) is 77.9 Å². The van der Waals surface area contributed by atoms with Crippen LogP contribution in [0.1, 0.15) is 11.1 Å². The molecule has 4 nitrogen and oxygen atoms in total. The summed E-state index contributed by atoms with van der Waals surface area (Å²) in [5.41, 5.74) is 4.55. The number of carbonyl (C=O) groups is 1. The number of hydrogen-bond donors (Lipinski definition) is 1. The standard InChI is InChI=1S/C20H18N2O2/c1-15-6-4-7-16(12-15)13-21-22-20(23)14-24-19-11-5-9-17-8-2-3-10-18(17)19/h2-13H,14H2,1H3,(H,22,23)/b21-13+. The highest BCUT2D eigenvalue weighted by Crippen LogP contribution is 2.24. The van der Waals surface area contributed by atoms with E-state index in [2.05, 4.69) is 10.5 Å². The topological polar surface area (TPSA) is 50.7 Å². The summed E-state index contributed by atoms with van der Waals surface area (Å²) < 4.78 is 5.62. The molecule has 3 aromatic carbocycles. The van der Waals surface area contributed by atoms with Gasteiger partial charge in [-0.1, -0.05) is 66.2 Å². The van der Waals surface area contributed by atoms with Crippen molar-refractivity contribution in [3.63, 3.8) is 0 Å². The van der Waals surface area contributed by atoms with Crippen LogP contribution in [0.2, 0.25) is 0 Å². The highest BCUT2D eigenvalue weighted by molar-refractivity contribution is 5.89. The van der Waals surface area contributed by atoms with E-state index in [1.807, 2.05) is 73.7 Å². The molecule has 0 saturated heterocycles. The van der Waals surface area contributed by atoms with Gasteiger partial charge in [0, 0.05) is 5.39 Å². The maximum absolute atomic E-state index is 11.9. The number of nitrogens with zero attached hydrogens (tertiary/aromatic N) is 1. The van der Waals surface area contributed by atoms with Crippen molar-refractivity contribution in [1.29, 1.82) is 0 Å². The van der Waals surface area contributed by atoms with Crippen molar-refractivity contribution >= 4 is 22.9 Å². The molecule has 120 valence electrons. The third kappa shape index (κ3) is 3.98. The third-order valence-corrected chi connectivity index (χ3v) is 3.55. The summed E-state index contributed by atoms with van der Waals surface area (Å²) in [6.07, 6.45) is 1.61. The van der Waals surface area contributed by atoms with Crippen LogP contribution in [0.15, 0.2) is 71.8 Å². The van der Waals surface area contributed by atoms with E-state index in [4.69, 9.17) is 4.74 Å². The van der Waals surface area contributed by atoms with Gasteiger partial charge in [-0.3, -0.25) is 4.79 Å². The molecule has 0 radical (unpaired) electrons. The molecule has 0 heterocycles. The van der Waals surface area contributed by atoms with Gasteiger partial charge in [-0.05, 0) is 23.9 Å². The van der Waals surface area contributed by atoms with Crippen LogP contribution in [0.3, 0.4) is 0 Å². The molecule has 0 fully saturated rings. The Labute approximate surface area is 140 Å². The fourth-order valence-electron chi connectivity index (χ4n) is 2.43. The predicted octanol–water partition coefficient (Wildman–Crippen LogP) is 3.68. The zero-order valence-corrected chi connectivity index (χ0v) is 13.4. The Morgan fingerprint density at radius 3 is 2.75 bits per heavy atom. The minimum atomic E-state index is -0.299. The molecule has 0 spiro atoms. The maximum Gasteiger partial charge on any atom is 0.277 e. The predicted molar refractivity (Wildman–Crippen MR) is 96.4 cm³/mol. The van der Waals surface area contributed by atoms with Crippen LogP contribution in [-0.2, 0) is 4.79 Å². The van der Waals surface area contributed by atoms with Crippen molar-refractivity contribution in [2.75, 3.05) is 6.61 Å². The minimum Gasteiger partial charge on any atom is -0.483 e. The van der Waals surface area contributed by atoms with E-state index < -0.39 is 0 Å². The summed E-state index contributed by atoms with van der Waals surface area (Å²) in [6.45, 7) is 1.92. The summed E-state index contributed by atoms with van der Waals surface area (Å²) in [5, 5.41) is 6.01. The van der Waals surface area contributed by atoms with E-state index >= 15 is 0 Å². The molecule has 0 aromatic heterocycles. The van der Waals surface area contributed by atoms with Crippen molar-refractivity contribution in [3.8, 4) is 5.75 Å². The Kier molecular flexibility index (Phi) is 4.87. The Hall–Kier alpha value is -3.14. The molecule has 0 aliphatic rings. The fraction of sp³-hybridized carbons (Fsp3) is 0.100. The molecule has 0 aliphatic carbocycles. The van der Waals surface area contributed by atoms with Gasteiger partial charge in [-0.2, -0.15) is 5.10 Å². The average molecular weight is 318 g/mol. The normalized spacial score (nSPS) is 10.9. The lowest BCUT2D eigenvalue weighted by Gasteiger charge is -2.08. The molecule has 1 amide bonds. The largest absolute Gasteiger partial charge is 0.483 e. The molecular formula is C20H18N2O2. The second-order valence-corrected chi connectivity index (χ2v) is 5.47. The molecule has 24 heavy (non-hydrogen) atoms. The van der Waals surface area contributed by atoms with Gasteiger partial charge < -0.3 is 4.74 Å². The van der Waals surface area contributed by atoms with E-state index in [9.17, 15) is 4.79 Å². The highest BCUT2D eigenvalue weighted by atomic mass is 16.5. The number of benzene rings is 3. The zero-order valence-electron chi connectivity index (χ0n) is 13.4. The van der Waals surface area contributed by atoms with Crippen molar-refractivity contribution in [2.45, 2.75) is 6.92 Å². The molecule has 0 unspecified atom stereocenters. The monoisotopic (exact) mass is 318 g/mol. The van der Waals surface area contributed by atoms with Gasteiger partial charge in [0.15, 0.2) is 6.61 Å². The number of hydrazone groups is 1. The Morgan fingerprint density at radius 2 is 1.88 bits per heavy atom. The Balaban J connectivity index is 1.57. The summed E-state index contributed by atoms with van der Waals surface area (Å²) in [4.78, 5) is 11.9. The number of nitrogens with one attached hydrogen (secondary N) is 1. The van der Waals surface area contributed by atoms with Crippen LogP contribution < -0.4 is 10.2 Å². The molecule has 1 N–H and O–H groups in total. The van der Waals surface area contributed by atoms with E-state index in [1.54, 1.807) is 6.21 Å². The number of amides is 1. The van der Waals surface area contributed by atoms with E-state index in [0.717, 1.165) is 21.9 Å². The van der Waals surface area contributed by atoms with Gasteiger partial charge in [0.2, 0.25) is 0 Å². The van der Waals surface area contributed by atoms with Gasteiger partial charge in [0.05, 0.1) is 6.21 Å². The van der Waals surface area contributed by atoms with Crippen molar-refractivity contribution in [2.24, 2.45) is 5.10 Å². The average Bonchev–Trinajstić information content (AvgIpc) is 2.60. The molecule has 3 rings (SSSR count). The fourth-order valence-corrected chi connectivity index (χ4v) is 2.43. The van der Waals surface area contributed by atoms with Crippen molar-refractivity contribution in [1.82, 2.24) is 5.43 Å². The summed E-state index contributed by atoms with van der Waals surface area (Å²) >= 11 is 0. The number of aryl methyl sites for hydroxylation is 1. The Bertz CT molecular complexity index is 882. The lowest BCUT2D eigenvalue weighted by Crippen LogP contribution is -2.24. The van der Waals surface area contributed by atoms with E-state index in [-0.39, 0.29) is 12.5 Å². The number of hydrogen-bond acceptors (Lipinski definition) is 3. The minimum absolute atomic E-state index is 0.0842. The summed E-state index contributed by atoms with van der Waals surface area (Å²) in [5.74, 6) is 0.387. The first-order chi connectivity index (χ1) is 11.7. The highest BCUT2D eigenvalue weighted by Gasteiger charge is 2.04. The number of carbonyl (C=O) groups excluding carboxylic acids is 1. The molecule has 0 atom stereocenters. The van der Waals surface area contributed by atoms with E-state index in [1.165, 1.54) is 0 Å². The van der Waals surface area contributed by atoms with Crippen LogP contribution in [0.25, 0.3) is 10.8 Å². The van der Waals surface area contributed by atoms with Gasteiger partial charge in [-0.15, -0.1) is 0 Å². The van der Waals surface area contributed by atoms with Crippen LogP contribution in [0.4, 0.5) is 0 Å². The second-order valence-electron chi connectivity index (χ2n) is 5.47. The lowest BCUT2D eigenvalue weighted by atomic mass is 10.1. The van der Waals surface area contributed by atoms with Gasteiger partial charge in [0.1, 0.15) is 5.75 Å². The smallest absolute Gasteiger partial charge is 0.277 e.